The Morgan fingerprint density at radius 1 is 0.932 bits per heavy atom. The van der Waals surface area contributed by atoms with Crippen LogP contribution < -0.4 is 10.6 Å². The molecule has 226 valence electrons. The highest BCUT2D eigenvalue weighted by molar-refractivity contribution is 5.95. The number of amides is 3. The summed E-state index contributed by atoms with van der Waals surface area (Å²) < 4.78 is 5.69. The van der Waals surface area contributed by atoms with E-state index in [1.807, 2.05) is 91.0 Å². The van der Waals surface area contributed by atoms with Gasteiger partial charge in [-0.25, -0.2) is 9.78 Å². The number of carboxylic acid groups (broad SMARTS) is 1. The van der Waals surface area contributed by atoms with Crippen LogP contribution in [0, 0.1) is 6.92 Å². The molecule has 0 bridgehead atoms. The maximum Gasteiger partial charge on any atom is 0.326 e. The molecule has 1 atom stereocenters. The fourth-order valence-electron chi connectivity index (χ4n) is 4.43. The van der Waals surface area contributed by atoms with Crippen molar-refractivity contribution in [1.82, 2.24) is 20.5 Å². The Labute approximate surface area is 255 Å². The van der Waals surface area contributed by atoms with Crippen molar-refractivity contribution in [3.63, 3.8) is 0 Å². The van der Waals surface area contributed by atoms with Crippen molar-refractivity contribution < 1.29 is 28.7 Å². The second-order valence-electron chi connectivity index (χ2n) is 10.0. The van der Waals surface area contributed by atoms with Crippen LogP contribution in [0.3, 0.4) is 0 Å². The van der Waals surface area contributed by atoms with Gasteiger partial charge < -0.3 is 25.1 Å². The molecular formula is C34H34N4O6. The first-order valence-corrected chi connectivity index (χ1v) is 14.2. The lowest BCUT2D eigenvalue weighted by Crippen LogP contribution is -2.42. The Morgan fingerprint density at radius 2 is 1.57 bits per heavy atom. The predicted molar refractivity (Wildman–Crippen MR) is 165 cm³/mol. The number of carbonyl (C=O) groups is 4. The summed E-state index contributed by atoms with van der Waals surface area (Å²) >= 11 is 0. The Balaban J connectivity index is 1.35. The maximum absolute atomic E-state index is 13.3. The smallest absolute Gasteiger partial charge is 0.326 e. The number of carboxylic acids is 1. The monoisotopic (exact) mass is 594 g/mol. The number of rotatable bonds is 14. The molecule has 1 heterocycles. The molecule has 0 aliphatic rings. The highest BCUT2D eigenvalue weighted by Crippen LogP contribution is 2.21. The highest BCUT2D eigenvalue weighted by atomic mass is 16.4. The largest absolute Gasteiger partial charge is 0.480 e. The van der Waals surface area contributed by atoms with Gasteiger partial charge >= 0.3 is 5.97 Å². The summed E-state index contributed by atoms with van der Waals surface area (Å²) in [5, 5.41) is 14.9. The van der Waals surface area contributed by atoms with Gasteiger partial charge in [-0.15, -0.1) is 0 Å². The Kier molecular flexibility index (Phi) is 11.2. The van der Waals surface area contributed by atoms with Crippen LogP contribution in [0.4, 0.5) is 0 Å². The van der Waals surface area contributed by atoms with Crippen molar-refractivity contribution in [2.45, 2.75) is 32.4 Å². The van der Waals surface area contributed by atoms with Crippen molar-refractivity contribution in [2.75, 3.05) is 13.1 Å². The molecule has 3 N–H and O–H groups in total. The van der Waals surface area contributed by atoms with Crippen LogP contribution in [-0.2, 0) is 20.9 Å². The molecule has 0 aliphatic heterocycles. The second-order valence-corrected chi connectivity index (χ2v) is 10.0. The lowest BCUT2D eigenvalue weighted by molar-refractivity contribution is -0.141. The number of hydrogen-bond acceptors (Lipinski definition) is 6. The van der Waals surface area contributed by atoms with Crippen molar-refractivity contribution in [3.05, 3.63) is 120 Å². The number of benzene rings is 3. The molecule has 10 heteroatoms. The zero-order chi connectivity index (χ0) is 31.3. The van der Waals surface area contributed by atoms with Gasteiger partial charge in [0.2, 0.25) is 17.7 Å². The Hall–Kier alpha value is -5.51. The van der Waals surface area contributed by atoms with E-state index < -0.39 is 23.8 Å². The molecule has 1 unspecified atom stereocenters. The van der Waals surface area contributed by atoms with Gasteiger partial charge in [-0.05, 0) is 42.7 Å². The van der Waals surface area contributed by atoms with Crippen LogP contribution in [0.15, 0.2) is 101 Å². The zero-order valence-electron chi connectivity index (χ0n) is 24.3. The molecule has 1 aromatic heterocycles. The molecule has 0 saturated carbocycles. The van der Waals surface area contributed by atoms with E-state index in [0.29, 0.717) is 11.7 Å². The summed E-state index contributed by atoms with van der Waals surface area (Å²) in [5.74, 6) is -1.84. The van der Waals surface area contributed by atoms with E-state index in [0.717, 1.165) is 16.7 Å². The summed E-state index contributed by atoms with van der Waals surface area (Å²) in [6.07, 6.45) is 2.62. The van der Waals surface area contributed by atoms with Crippen molar-refractivity contribution >= 4 is 29.8 Å². The number of aromatic nitrogens is 1. The number of aryl methyl sites for hydroxylation is 1. The SMILES string of the molecule is Cc1oc(-c2ccccc2)nc1C(=O)NCCN(Cc1ccccc1)C(=O)CCC(NC(=O)/C=C/c1ccccc1)C(=O)O. The molecule has 0 saturated heterocycles. The molecule has 0 spiro atoms. The maximum atomic E-state index is 13.3. The molecule has 0 fully saturated rings. The summed E-state index contributed by atoms with van der Waals surface area (Å²) in [5.41, 5.74) is 2.58. The van der Waals surface area contributed by atoms with Gasteiger partial charge in [0, 0.05) is 37.7 Å². The van der Waals surface area contributed by atoms with Crippen molar-refractivity contribution in [1.29, 1.82) is 0 Å². The van der Waals surface area contributed by atoms with Crippen LogP contribution >= 0.6 is 0 Å². The number of oxazole rings is 1. The quantitative estimate of drug-likeness (QED) is 0.183. The van der Waals surface area contributed by atoms with Gasteiger partial charge in [-0.1, -0.05) is 78.9 Å². The van der Waals surface area contributed by atoms with Crippen molar-refractivity contribution in [2.24, 2.45) is 0 Å². The highest BCUT2D eigenvalue weighted by Gasteiger charge is 2.23. The standard InChI is InChI=1S/C34H34N4O6/c1-24-31(37-33(44-24)27-15-9-4-10-16-27)32(41)35-21-22-38(23-26-13-7-3-8-14-26)30(40)20-18-28(34(42)43)36-29(39)19-17-25-11-5-2-6-12-25/h2-17,19,28H,18,20-23H2,1H3,(H,35,41)(H,36,39)(H,42,43)/b19-17+. The van der Waals surface area contributed by atoms with E-state index in [4.69, 9.17) is 4.42 Å². The topological polar surface area (TPSA) is 142 Å². The predicted octanol–water partition coefficient (Wildman–Crippen LogP) is 4.47. The molecule has 0 radical (unpaired) electrons. The van der Waals surface area contributed by atoms with E-state index in [9.17, 15) is 24.3 Å². The van der Waals surface area contributed by atoms with Crippen LogP contribution in [0.2, 0.25) is 0 Å². The average molecular weight is 595 g/mol. The first-order chi connectivity index (χ1) is 21.3. The minimum atomic E-state index is -1.25. The van der Waals surface area contributed by atoms with Gasteiger partial charge in [-0.2, -0.15) is 0 Å². The van der Waals surface area contributed by atoms with E-state index in [2.05, 4.69) is 15.6 Å². The molecule has 44 heavy (non-hydrogen) atoms. The van der Waals surface area contributed by atoms with Gasteiger partial charge in [0.25, 0.3) is 5.91 Å². The minimum Gasteiger partial charge on any atom is -0.480 e. The average Bonchev–Trinajstić information content (AvgIpc) is 3.44. The van der Waals surface area contributed by atoms with Gasteiger partial charge in [-0.3, -0.25) is 14.4 Å². The second kappa shape index (κ2) is 15.6. The number of aliphatic carboxylic acids is 1. The minimum absolute atomic E-state index is 0.100. The third-order valence-electron chi connectivity index (χ3n) is 6.76. The Morgan fingerprint density at radius 3 is 2.23 bits per heavy atom. The third kappa shape index (κ3) is 9.25. The fourth-order valence-corrected chi connectivity index (χ4v) is 4.43. The summed E-state index contributed by atoms with van der Waals surface area (Å²) in [6, 6.07) is 26.5. The molecule has 4 aromatic rings. The van der Waals surface area contributed by atoms with Gasteiger partial charge in [0.05, 0.1) is 0 Å². The van der Waals surface area contributed by atoms with Gasteiger partial charge in [0.1, 0.15) is 11.8 Å². The summed E-state index contributed by atoms with van der Waals surface area (Å²) in [7, 11) is 0. The van der Waals surface area contributed by atoms with Crippen molar-refractivity contribution in [3.8, 4) is 11.5 Å². The van der Waals surface area contributed by atoms with E-state index >= 15 is 0 Å². The summed E-state index contributed by atoms with van der Waals surface area (Å²) in [4.78, 5) is 56.3. The number of nitrogens with zero attached hydrogens (tertiary/aromatic N) is 2. The third-order valence-corrected chi connectivity index (χ3v) is 6.76. The van der Waals surface area contributed by atoms with E-state index in [1.54, 1.807) is 17.9 Å². The number of nitrogens with one attached hydrogen (secondary N) is 2. The Bertz CT molecular complexity index is 1590. The first kappa shape index (κ1) is 31.4. The zero-order valence-corrected chi connectivity index (χ0v) is 24.3. The normalized spacial score (nSPS) is 11.6. The molecule has 3 amide bonds. The first-order valence-electron chi connectivity index (χ1n) is 14.2. The van der Waals surface area contributed by atoms with Crippen LogP contribution in [-0.4, -0.2) is 57.8 Å². The van der Waals surface area contributed by atoms with Crippen LogP contribution in [0.1, 0.15) is 40.2 Å². The van der Waals surface area contributed by atoms with Gasteiger partial charge in [0.15, 0.2) is 5.69 Å². The van der Waals surface area contributed by atoms with Crippen LogP contribution in [0.5, 0.6) is 0 Å². The van der Waals surface area contributed by atoms with E-state index in [-0.39, 0.29) is 44.1 Å². The molecule has 0 aliphatic carbocycles. The number of hydrogen-bond donors (Lipinski definition) is 3. The summed E-state index contributed by atoms with van der Waals surface area (Å²) in [6.45, 7) is 2.23. The molecule has 4 rings (SSSR count). The number of carbonyl (C=O) groups excluding carboxylic acids is 3. The molecular weight excluding hydrogens is 560 g/mol. The lowest BCUT2D eigenvalue weighted by atomic mass is 10.1. The van der Waals surface area contributed by atoms with E-state index in [1.165, 1.54) is 6.08 Å². The molecule has 10 nitrogen and oxygen atoms in total. The molecule has 3 aromatic carbocycles. The lowest BCUT2D eigenvalue weighted by Gasteiger charge is -2.24. The fraction of sp³-hybridized carbons (Fsp3) is 0.206. The van der Waals surface area contributed by atoms with Crippen LogP contribution in [0.25, 0.3) is 17.5 Å².